The second-order valence-corrected chi connectivity index (χ2v) is 6.91. The van der Waals surface area contributed by atoms with E-state index in [-0.39, 0.29) is 35.5 Å². The van der Waals surface area contributed by atoms with Gasteiger partial charge in [-0.1, -0.05) is 18.2 Å². The zero-order valence-electron chi connectivity index (χ0n) is 15.8. The Balaban J connectivity index is 1.72. The Morgan fingerprint density at radius 3 is 2.54 bits per heavy atom. The molecule has 1 N–H and O–H groups in total. The summed E-state index contributed by atoms with van der Waals surface area (Å²) >= 11 is 0. The number of carbonyl (C=O) groups is 2. The number of phenolic OH excluding ortho intramolecular Hbond substituents is 1. The number of carbonyl (C=O) groups excluding carboxylic acids is 2. The minimum Gasteiger partial charge on any atom is -0.507 e. The van der Waals surface area contributed by atoms with Crippen molar-refractivity contribution in [2.45, 2.75) is 18.9 Å². The number of aromatic hydroxyl groups is 1. The highest BCUT2D eigenvalue weighted by atomic mass is 16.5. The van der Waals surface area contributed by atoms with E-state index in [0.717, 1.165) is 11.1 Å². The Labute approximate surface area is 163 Å². The molecule has 0 aromatic heterocycles. The van der Waals surface area contributed by atoms with Crippen molar-refractivity contribution >= 4 is 17.8 Å². The summed E-state index contributed by atoms with van der Waals surface area (Å²) in [4.78, 5) is 27.6. The van der Waals surface area contributed by atoms with Gasteiger partial charge in [-0.25, -0.2) is 0 Å². The van der Waals surface area contributed by atoms with E-state index in [1.54, 1.807) is 37.3 Å². The Bertz CT molecular complexity index is 994. The predicted octanol–water partition coefficient (Wildman–Crippen LogP) is 2.89. The minimum atomic E-state index is -0.315. The van der Waals surface area contributed by atoms with Gasteiger partial charge in [0.25, 0.3) is 5.91 Å². The van der Waals surface area contributed by atoms with Gasteiger partial charge in [0.15, 0.2) is 17.3 Å². The molecule has 0 spiro atoms. The molecule has 1 fully saturated rings. The number of nitrogens with zero attached hydrogens (tertiary/aromatic N) is 1. The lowest BCUT2D eigenvalue weighted by Gasteiger charge is -2.40. The summed E-state index contributed by atoms with van der Waals surface area (Å²) in [6.07, 6.45) is 2.37. The van der Waals surface area contributed by atoms with Gasteiger partial charge in [-0.15, -0.1) is 0 Å². The molecule has 28 heavy (non-hydrogen) atoms. The number of hydrogen-bond acceptors (Lipinski definition) is 5. The molecular formula is C22H21NO5. The number of piperidine rings is 1. The van der Waals surface area contributed by atoms with E-state index >= 15 is 0 Å². The quantitative estimate of drug-likeness (QED) is 0.656. The van der Waals surface area contributed by atoms with Crippen LogP contribution in [0.2, 0.25) is 0 Å². The lowest BCUT2D eigenvalue weighted by molar-refractivity contribution is -0.136. The fraction of sp³-hybridized carbons (Fsp3) is 0.273. The number of ether oxygens (including phenoxy) is 2. The first-order valence-corrected chi connectivity index (χ1v) is 9.12. The fourth-order valence-electron chi connectivity index (χ4n) is 3.96. The Hall–Kier alpha value is -3.28. The van der Waals surface area contributed by atoms with Crippen molar-refractivity contribution in [3.63, 3.8) is 0 Å². The summed E-state index contributed by atoms with van der Waals surface area (Å²) in [5.41, 5.74) is 2.56. The second kappa shape index (κ2) is 7.03. The number of hydrogen-bond donors (Lipinski definition) is 1. The standard InChI is InChI=1S/C22H21NO5/c1-27-20-10-13-7-8-23-17(15(13)11-21(20)28-2)12-19(25)16(22(23)26)9-14-5-3-4-6-18(14)24/h3-6,9-11,17,24H,7-8,12H2,1-2H3/b16-9+/t17-/m1/s1. The van der Waals surface area contributed by atoms with Gasteiger partial charge >= 0.3 is 0 Å². The van der Waals surface area contributed by atoms with Gasteiger partial charge in [0, 0.05) is 18.5 Å². The van der Waals surface area contributed by atoms with Gasteiger partial charge in [-0.2, -0.15) is 0 Å². The molecule has 0 bridgehead atoms. The molecule has 6 heteroatoms. The van der Waals surface area contributed by atoms with Gasteiger partial charge in [-0.3, -0.25) is 9.59 Å². The molecule has 6 nitrogen and oxygen atoms in total. The molecular weight excluding hydrogens is 358 g/mol. The lowest BCUT2D eigenvalue weighted by Crippen LogP contribution is -2.46. The van der Waals surface area contributed by atoms with Gasteiger partial charge in [0.2, 0.25) is 0 Å². The molecule has 1 atom stereocenters. The van der Waals surface area contributed by atoms with Crippen LogP contribution in [0.4, 0.5) is 0 Å². The van der Waals surface area contributed by atoms with E-state index in [0.29, 0.717) is 30.0 Å². The van der Waals surface area contributed by atoms with Crippen LogP contribution in [-0.4, -0.2) is 42.5 Å². The summed E-state index contributed by atoms with van der Waals surface area (Å²) in [7, 11) is 3.15. The zero-order chi connectivity index (χ0) is 19.8. The van der Waals surface area contributed by atoms with Crippen LogP contribution in [0.1, 0.15) is 29.2 Å². The highest BCUT2D eigenvalue weighted by Gasteiger charge is 2.41. The molecule has 0 unspecified atom stereocenters. The van der Waals surface area contributed by atoms with Crippen molar-refractivity contribution < 1.29 is 24.2 Å². The van der Waals surface area contributed by atoms with Crippen molar-refractivity contribution in [2.24, 2.45) is 0 Å². The van der Waals surface area contributed by atoms with E-state index in [2.05, 4.69) is 0 Å². The Morgan fingerprint density at radius 2 is 1.82 bits per heavy atom. The smallest absolute Gasteiger partial charge is 0.258 e. The summed E-state index contributed by atoms with van der Waals surface area (Å²) < 4.78 is 10.8. The maximum absolute atomic E-state index is 13.1. The summed E-state index contributed by atoms with van der Waals surface area (Å²) in [6.45, 7) is 0.525. The Morgan fingerprint density at radius 1 is 1.11 bits per heavy atom. The largest absolute Gasteiger partial charge is 0.507 e. The topological polar surface area (TPSA) is 76.1 Å². The van der Waals surface area contributed by atoms with Crippen LogP contribution < -0.4 is 9.47 Å². The number of amides is 1. The highest BCUT2D eigenvalue weighted by molar-refractivity contribution is 6.24. The molecule has 0 radical (unpaired) electrons. The number of methoxy groups -OCH3 is 2. The minimum absolute atomic E-state index is 0.0403. The summed E-state index contributed by atoms with van der Waals surface area (Å²) in [5, 5.41) is 9.98. The molecule has 2 aromatic rings. The van der Waals surface area contributed by atoms with Crippen molar-refractivity contribution in [3.05, 3.63) is 58.7 Å². The third kappa shape index (κ3) is 2.91. The number of phenols is 1. The van der Waals surface area contributed by atoms with E-state index in [9.17, 15) is 14.7 Å². The lowest BCUT2D eigenvalue weighted by atomic mass is 9.83. The summed E-state index contributed by atoms with van der Waals surface area (Å²) in [5.74, 6) is 0.738. The van der Waals surface area contributed by atoms with Crippen molar-refractivity contribution in [3.8, 4) is 17.2 Å². The van der Waals surface area contributed by atoms with Crippen LogP contribution in [0.25, 0.3) is 6.08 Å². The monoisotopic (exact) mass is 379 g/mol. The molecule has 2 aromatic carbocycles. The zero-order valence-corrected chi connectivity index (χ0v) is 15.8. The van der Waals surface area contributed by atoms with E-state index in [1.165, 1.54) is 12.1 Å². The molecule has 0 saturated carbocycles. The van der Waals surface area contributed by atoms with Crippen LogP contribution in [0, 0.1) is 0 Å². The van der Waals surface area contributed by atoms with E-state index in [1.807, 2.05) is 12.1 Å². The average Bonchev–Trinajstić information content (AvgIpc) is 2.71. The van der Waals surface area contributed by atoms with Gasteiger partial charge in [0.05, 0.1) is 25.8 Å². The number of rotatable bonds is 3. The molecule has 2 aliphatic heterocycles. The van der Waals surface area contributed by atoms with Crippen LogP contribution >= 0.6 is 0 Å². The number of ketones is 1. The fourth-order valence-corrected chi connectivity index (χ4v) is 3.96. The van der Waals surface area contributed by atoms with Gasteiger partial charge in [0.1, 0.15) is 5.75 Å². The Kier molecular flexibility index (Phi) is 4.55. The molecule has 2 heterocycles. The molecule has 144 valence electrons. The highest BCUT2D eigenvalue weighted by Crippen LogP contribution is 2.42. The number of para-hydroxylation sites is 1. The molecule has 1 amide bonds. The number of fused-ring (bicyclic) bond motifs is 3. The normalized spacial score (nSPS) is 20.0. The first-order chi connectivity index (χ1) is 13.5. The first-order valence-electron chi connectivity index (χ1n) is 9.12. The average molecular weight is 379 g/mol. The van der Waals surface area contributed by atoms with Gasteiger partial charge < -0.3 is 19.5 Å². The molecule has 4 rings (SSSR count). The van der Waals surface area contributed by atoms with Crippen LogP contribution in [-0.2, 0) is 16.0 Å². The van der Waals surface area contributed by atoms with Crippen molar-refractivity contribution in [1.82, 2.24) is 4.90 Å². The van der Waals surface area contributed by atoms with Crippen molar-refractivity contribution in [2.75, 3.05) is 20.8 Å². The number of Topliss-reactive ketones (excluding diaryl/α,β-unsaturated/α-hetero) is 1. The van der Waals surface area contributed by atoms with E-state index in [4.69, 9.17) is 9.47 Å². The summed E-state index contributed by atoms with van der Waals surface area (Å²) in [6, 6.07) is 10.1. The molecule has 0 aliphatic carbocycles. The SMILES string of the molecule is COc1cc2c(cc1OC)[C@H]1CC(=O)/C(=C\c3ccccc3O)C(=O)N1CC2. The van der Waals surface area contributed by atoms with Crippen LogP contribution in [0.5, 0.6) is 17.2 Å². The maximum Gasteiger partial charge on any atom is 0.258 e. The van der Waals surface area contributed by atoms with E-state index < -0.39 is 0 Å². The van der Waals surface area contributed by atoms with Crippen LogP contribution in [0.15, 0.2) is 42.0 Å². The third-order valence-electron chi connectivity index (χ3n) is 5.41. The van der Waals surface area contributed by atoms with Crippen molar-refractivity contribution in [1.29, 1.82) is 0 Å². The molecule has 2 aliphatic rings. The third-order valence-corrected chi connectivity index (χ3v) is 5.41. The second-order valence-electron chi connectivity index (χ2n) is 6.91. The van der Waals surface area contributed by atoms with Crippen LogP contribution in [0.3, 0.4) is 0 Å². The predicted molar refractivity (Wildman–Crippen MR) is 103 cm³/mol. The maximum atomic E-state index is 13.1. The number of benzene rings is 2. The molecule has 1 saturated heterocycles. The first kappa shape index (κ1) is 18.1. The van der Waals surface area contributed by atoms with Gasteiger partial charge in [-0.05, 0) is 41.8 Å².